The number of carbonyl (C=O) groups is 2. The SMILES string of the molecule is CN(C(=O)c1ccc2n1Cc1ccccc1N(C(=O)c1ccc(-c3ccccc3)nc1)C2)C1(C)CCNCC1. The highest BCUT2D eigenvalue weighted by atomic mass is 16.2. The summed E-state index contributed by atoms with van der Waals surface area (Å²) in [6.07, 6.45) is 3.50. The monoisotopic (exact) mass is 519 g/mol. The summed E-state index contributed by atoms with van der Waals surface area (Å²) in [6.45, 7) is 4.89. The third kappa shape index (κ3) is 4.63. The lowest BCUT2D eigenvalue weighted by Crippen LogP contribution is -2.53. The molecule has 1 saturated heterocycles. The van der Waals surface area contributed by atoms with E-state index in [1.807, 2.05) is 90.8 Å². The van der Waals surface area contributed by atoms with Crippen LogP contribution in [-0.2, 0) is 13.1 Å². The molecule has 39 heavy (non-hydrogen) atoms. The van der Waals surface area contributed by atoms with Crippen molar-refractivity contribution in [3.63, 3.8) is 0 Å². The standard InChI is InChI=1S/C32H33N5O2/c1-32(16-18-33-19-17-32)35(2)31(39)29-15-13-26-22-37(28-11-7-6-10-25(28)21-36(26)29)30(38)24-12-14-27(34-20-24)23-8-4-3-5-9-23/h3-15,20,33H,16-19,21-22H2,1-2H3. The first kappa shape index (κ1) is 25.1. The van der Waals surface area contributed by atoms with Gasteiger partial charge in [-0.2, -0.15) is 0 Å². The second kappa shape index (κ2) is 10.2. The molecule has 0 atom stereocenters. The Bertz CT molecular complexity index is 1500. The van der Waals surface area contributed by atoms with Gasteiger partial charge in [0.2, 0.25) is 0 Å². The van der Waals surface area contributed by atoms with Crippen molar-refractivity contribution in [3.8, 4) is 11.3 Å². The minimum absolute atomic E-state index is 0.0172. The van der Waals surface area contributed by atoms with Crippen molar-refractivity contribution in [2.24, 2.45) is 0 Å². The van der Waals surface area contributed by atoms with E-state index < -0.39 is 0 Å². The average Bonchev–Trinajstić information content (AvgIpc) is 3.29. The number of piperidine rings is 1. The van der Waals surface area contributed by atoms with Gasteiger partial charge >= 0.3 is 0 Å². The van der Waals surface area contributed by atoms with Crippen LogP contribution in [0.4, 0.5) is 5.69 Å². The molecule has 2 amide bonds. The van der Waals surface area contributed by atoms with Crippen LogP contribution in [-0.4, -0.2) is 51.9 Å². The van der Waals surface area contributed by atoms with Crippen LogP contribution in [0.2, 0.25) is 0 Å². The molecule has 0 saturated carbocycles. The fraction of sp³-hybridized carbons (Fsp3) is 0.281. The van der Waals surface area contributed by atoms with Gasteiger partial charge in [-0.3, -0.25) is 14.6 Å². The summed E-state index contributed by atoms with van der Waals surface area (Å²) in [7, 11) is 1.92. The molecule has 0 spiro atoms. The average molecular weight is 520 g/mol. The predicted molar refractivity (Wildman–Crippen MR) is 153 cm³/mol. The maximum atomic E-state index is 13.9. The van der Waals surface area contributed by atoms with Crippen LogP contribution < -0.4 is 10.2 Å². The number of benzene rings is 2. The fourth-order valence-corrected chi connectivity index (χ4v) is 5.70. The lowest BCUT2D eigenvalue weighted by molar-refractivity contribution is 0.0509. The molecule has 2 aromatic carbocycles. The Morgan fingerprint density at radius 2 is 1.64 bits per heavy atom. The number of amides is 2. The van der Waals surface area contributed by atoms with Crippen LogP contribution in [0.1, 0.15) is 51.9 Å². The first-order valence-electron chi connectivity index (χ1n) is 13.5. The molecule has 0 radical (unpaired) electrons. The highest BCUT2D eigenvalue weighted by Gasteiger charge is 2.36. The van der Waals surface area contributed by atoms with Crippen molar-refractivity contribution >= 4 is 17.5 Å². The zero-order chi connectivity index (χ0) is 27.0. The maximum Gasteiger partial charge on any atom is 0.270 e. The van der Waals surface area contributed by atoms with Gasteiger partial charge in [0.05, 0.1) is 24.3 Å². The third-order valence-electron chi connectivity index (χ3n) is 8.34. The number of nitrogens with one attached hydrogen (secondary N) is 1. The molecule has 1 N–H and O–H groups in total. The number of para-hydroxylation sites is 1. The van der Waals surface area contributed by atoms with Crippen LogP contribution >= 0.6 is 0 Å². The topological polar surface area (TPSA) is 70.5 Å². The molecule has 7 heteroatoms. The maximum absolute atomic E-state index is 13.9. The Labute approximate surface area is 229 Å². The van der Waals surface area contributed by atoms with E-state index in [2.05, 4.69) is 21.8 Å². The summed E-state index contributed by atoms with van der Waals surface area (Å²) in [5.41, 5.74) is 5.62. The summed E-state index contributed by atoms with van der Waals surface area (Å²) in [4.78, 5) is 36.0. The largest absolute Gasteiger partial charge is 0.335 e. The smallest absolute Gasteiger partial charge is 0.270 e. The molecule has 0 aliphatic carbocycles. The second-order valence-corrected chi connectivity index (χ2v) is 10.7. The van der Waals surface area contributed by atoms with Gasteiger partial charge < -0.3 is 19.7 Å². The minimum atomic E-state index is -0.184. The zero-order valence-electron chi connectivity index (χ0n) is 22.4. The van der Waals surface area contributed by atoms with Crippen molar-refractivity contribution in [2.45, 2.75) is 38.4 Å². The number of aromatic nitrogens is 2. The number of pyridine rings is 1. The quantitative estimate of drug-likeness (QED) is 0.413. The van der Waals surface area contributed by atoms with Crippen LogP contribution in [0.5, 0.6) is 0 Å². The molecule has 0 bridgehead atoms. The van der Waals surface area contributed by atoms with E-state index in [1.165, 1.54) is 0 Å². The number of carbonyl (C=O) groups excluding carboxylic acids is 2. The van der Waals surface area contributed by atoms with E-state index >= 15 is 0 Å². The minimum Gasteiger partial charge on any atom is -0.335 e. The van der Waals surface area contributed by atoms with Gasteiger partial charge in [-0.25, -0.2) is 0 Å². The molecule has 4 aromatic rings. The van der Waals surface area contributed by atoms with Crippen molar-refractivity contribution < 1.29 is 9.59 Å². The summed E-state index contributed by atoms with van der Waals surface area (Å²) >= 11 is 0. The zero-order valence-corrected chi connectivity index (χ0v) is 22.4. The Balaban J connectivity index is 1.32. The molecule has 2 aliphatic rings. The molecule has 198 valence electrons. The van der Waals surface area contributed by atoms with Gasteiger partial charge in [0, 0.05) is 35.7 Å². The molecule has 4 heterocycles. The molecule has 2 aliphatic heterocycles. The number of hydrogen-bond acceptors (Lipinski definition) is 4. The van der Waals surface area contributed by atoms with Crippen molar-refractivity contribution in [3.05, 3.63) is 108 Å². The highest BCUT2D eigenvalue weighted by Crippen LogP contribution is 2.32. The third-order valence-corrected chi connectivity index (χ3v) is 8.34. The normalized spacial score (nSPS) is 16.1. The highest BCUT2D eigenvalue weighted by molar-refractivity contribution is 6.06. The van der Waals surface area contributed by atoms with Crippen LogP contribution in [0.15, 0.2) is 85.1 Å². The number of anilines is 1. The molecule has 7 nitrogen and oxygen atoms in total. The molecule has 1 fully saturated rings. The molecular weight excluding hydrogens is 486 g/mol. The van der Waals surface area contributed by atoms with Gasteiger partial charge in [-0.15, -0.1) is 0 Å². The van der Waals surface area contributed by atoms with E-state index in [0.29, 0.717) is 24.3 Å². The van der Waals surface area contributed by atoms with E-state index in [4.69, 9.17) is 0 Å². The van der Waals surface area contributed by atoms with Crippen LogP contribution in [0, 0.1) is 0 Å². The molecule has 2 aromatic heterocycles. The summed E-state index contributed by atoms with van der Waals surface area (Å²) < 4.78 is 2.08. The fourth-order valence-electron chi connectivity index (χ4n) is 5.70. The van der Waals surface area contributed by atoms with E-state index in [9.17, 15) is 9.59 Å². The second-order valence-electron chi connectivity index (χ2n) is 10.7. The van der Waals surface area contributed by atoms with Gasteiger partial charge in [0.15, 0.2) is 0 Å². The van der Waals surface area contributed by atoms with Crippen LogP contribution in [0.3, 0.4) is 0 Å². The van der Waals surface area contributed by atoms with Crippen molar-refractivity contribution in [1.82, 2.24) is 19.8 Å². The summed E-state index contributed by atoms with van der Waals surface area (Å²) in [5.74, 6) is -0.0972. The van der Waals surface area contributed by atoms with Gasteiger partial charge in [-0.1, -0.05) is 48.5 Å². The summed E-state index contributed by atoms with van der Waals surface area (Å²) in [5, 5.41) is 3.39. The van der Waals surface area contributed by atoms with E-state index in [1.54, 1.807) is 11.1 Å². The Kier molecular flexibility index (Phi) is 6.53. The Morgan fingerprint density at radius 1 is 0.897 bits per heavy atom. The lowest BCUT2D eigenvalue weighted by atomic mass is 9.88. The van der Waals surface area contributed by atoms with Gasteiger partial charge in [0.1, 0.15) is 5.69 Å². The number of fused-ring (bicyclic) bond motifs is 2. The molecule has 0 unspecified atom stereocenters. The summed E-state index contributed by atoms with van der Waals surface area (Å²) in [6, 6.07) is 25.5. The molecule has 6 rings (SSSR count). The number of rotatable bonds is 4. The Hall–Kier alpha value is -4.23. The van der Waals surface area contributed by atoms with Gasteiger partial charge in [0.25, 0.3) is 11.8 Å². The first-order chi connectivity index (χ1) is 18.9. The Morgan fingerprint density at radius 3 is 2.38 bits per heavy atom. The van der Waals surface area contributed by atoms with Gasteiger partial charge in [-0.05, 0) is 68.8 Å². The van der Waals surface area contributed by atoms with Crippen LogP contribution in [0.25, 0.3) is 11.3 Å². The lowest BCUT2D eigenvalue weighted by Gasteiger charge is -2.42. The number of nitrogens with zero attached hydrogens (tertiary/aromatic N) is 4. The number of hydrogen-bond donors (Lipinski definition) is 1. The first-order valence-corrected chi connectivity index (χ1v) is 13.5. The van der Waals surface area contributed by atoms with Crippen molar-refractivity contribution in [2.75, 3.05) is 25.0 Å². The van der Waals surface area contributed by atoms with E-state index in [-0.39, 0.29) is 17.4 Å². The molecular formula is C32H33N5O2. The predicted octanol–water partition coefficient (Wildman–Crippen LogP) is 4.97. The van der Waals surface area contributed by atoms with Crippen molar-refractivity contribution in [1.29, 1.82) is 0 Å². The van der Waals surface area contributed by atoms with E-state index in [0.717, 1.165) is 54.1 Å².